The third-order valence-electron chi connectivity index (χ3n) is 0.439. The van der Waals surface area contributed by atoms with Gasteiger partial charge in [-0.05, 0) is 18.0 Å². The van der Waals surface area contributed by atoms with Gasteiger partial charge in [0, 0.05) is 0 Å². The molecule has 1 rings (SSSR count). The SMILES string of the molecule is ClC1=C[CH]NS1. The summed E-state index contributed by atoms with van der Waals surface area (Å²) in [7, 11) is 0. The molecule has 0 aromatic heterocycles. The Morgan fingerprint density at radius 1 is 1.83 bits per heavy atom. The first-order chi connectivity index (χ1) is 2.89. The highest BCUT2D eigenvalue weighted by atomic mass is 35.5. The zero-order valence-electron chi connectivity index (χ0n) is 2.94. The summed E-state index contributed by atoms with van der Waals surface area (Å²) in [5, 5.41) is 0. The molecule has 6 heavy (non-hydrogen) atoms. The van der Waals surface area contributed by atoms with Crippen LogP contribution in [0.1, 0.15) is 0 Å². The molecule has 0 aliphatic carbocycles. The minimum absolute atomic E-state index is 0.801. The Morgan fingerprint density at radius 2 is 2.67 bits per heavy atom. The van der Waals surface area contributed by atoms with Crippen LogP contribution >= 0.6 is 23.5 Å². The highest BCUT2D eigenvalue weighted by Gasteiger charge is 1.97. The molecule has 0 fully saturated rings. The van der Waals surface area contributed by atoms with E-state index in [1.165, 1.54) is 11.9 Å². The maximum atomic E-state index is 5.44. The van der Waals surface area contributed by atoms with Gasteiger partial charge >= 0.3 is 0 Å². The van der Waals surface area contributed by atoms with Crippen molar-refractivity contribution in [3.8, 4) is 0 Å². The normalized spacial score (nSPS) is 21.2. The van der Waals surface area contributed by atoms with Gasteiger partial charge in [0.25, 0.3) is 0 Å². The van der Waals surface area contributed by atoms with Gasteiger partial charge in [0.2, 0.25) is 0 Å². The average Bonchev–Trinajstić information content (AvgIpc) is 1.86. The van der Waals surface area contributed by atoms with Crippen molar-refractivity contribution in [1.82, 2.24) is 4.72 Å². The lowest BCUT2D eigenvalue weighted by atomic mass is 10.7. The largest absolute Gasteiger partial charge is 0.250 e. The van der Waals surface area contributed by atoms with Crippen molar-refractivity contribution in [1.29, 1.82) is 0 Å². The number of hydrogen-bond donors (Lipinski definition) is 1. The molecule has 1 heterocycles. The zero-order valence-corrected chi connectivity index (χ0v) is 4.51. The molecular formula is C3H3ClNS. The summed E-state index contributed by atoms with van der Waals surface area (Å²) in [6.07, 6.45) is 1.81. The van der Waals surface area contributed by atoms with Gasteiger partial charge in [0.05, 0.1) is 10.9 Å². The van der Waals surface area contributed by atoms with E-state index in [0.29, 0.717) is 0 Å². The summed E-state index contributed by atoms with van der Waals surface area (Å²) >= 11 is 6.86. The molecule has 1 aliphatic rings. The first-order valence-corrected chi connectivity index (χ1v) is 2.70. The van der Waals surface area contributed by atoms with Gasteiger partial charge < -0.3 is 0 Å². The number of hydrogen-bond acceptors (Lipinski definition) is 2. The Morgan fingerprint density at radius 3 is 2.83 bits per heavy atom. The summed E-state index contributed by atoms with van der Waals surface area (Å²) in [5.41, 5.74) is 0. The lowest BCUT2D eigenvalue weighted by Gasteiger charge is -1.79. The number of rotatable bonds is 0. The summed E-state index contributed by atoms with van der Waals surface area (Å²) in [4.78, 5) is 0. The molecule has 0 spiro atoms. The highest BCUT2D eigenvalue weighted by molar-refractivity contribution is 8.03. The molecule has 0 aromatic rings. The minimum atomic E-state index is 0.801. The first kappa shape index (κ1) is 4.50. The van der Waals surface area contributed by atoms with Crippen molar-refractivity contribution >= 4 is 23.5 Å². The molecule has 0 saturated heterocycles. The molecule has 0 atom stereocenters. The van der Waals surface area contributed by atoms with Crippen LogP contribution < -0.4 is 4.72 Å². The Labute approximate surface area is 45.9 Å². The fourth-order valence-corrected chi connectivity index (χ4v) is 0.805. The van der Waals surface area contributed by atoms with Gasteiger partial charge in [0.15, 0.2) is 0 Å². The van der Waals surface area contributed by atoms with Crippen molar-refractivity contribution in [3.05, 3.63) is 17.0 Å². The van der Waals surface area contributed by atoms with Gasteiger partial charge in [0.1, 0.15) is 0 Å². The Hall–Kier alpha value is 0.340. The van der Waals surface area contributed by atoms with Gasteiger partial charge in [-0.3, -0.25) is 4.72 Å². The van der Waals surface area contributed by atoms with Crippen LogP contribution in [0.2, 0.25) is 0 Å². The standard InChI is InChI=1S/C3H3ClNS/c4-3-1-2-5-6-3/h1-2,5H. The quantitative estimate of drug-likeness (QED) is 0.486. The lowest BCUT2D eigenvalue weighted by molar-refractivity contribution is 1.33. The fraction of sp³-hybridized carbons (Fsp3) is 0. The second-order valence-electron chi connectivity index (χ2n) is 0.857. The van der Waals surface area contributed by atoms with Crippen molar-refractivity contribution in [2.24, 2.45) is 0 Å². The molecule has 0 amide bonds. The monoisotopic (exact) mass is 120 g/mol. The van der Waals surface area contributed by atoms with Crippen LogP contribution in [-0.4, -0.2) is 0 Å². The Bertz CT molecular complexity index is 80.9. The second-order valence-corrected chi connectivity index (χ2v) is 2.37. The van der Waals surface area contributed by atoms with E-state index in [2.05, 4.69) is 4.72 Å². The van der Waals surface area contributed by atoms with E-state index in [0.717, 1.165) is 4.36 Å². The molecule has 0 aromatic carbocycles. The first-order valence-electron chi connectivity index (χ1n) is 1.51. The topological polar surface area (TPSA) is 12.0 Å². The maximum absolute atomic E-state index is 5.44. The third-order valence-corrected chi connectivity index (χ3v) is 1.38. The summed E-state index contributed by atoms with van der Waals surface area (Å²) in [6.45, 7) is 1.80. The van der Waals surface area contributed by atoms with Crippen molar-refractivity contribution in [2.75, 3.05) is 0 Å². The predicted octanol–water partition coefficient (Wildman–Crippen LogP) is 1.48. The average molecular weight is 121 g/mol. The highest BCUT2D eigenvalue weighted by Crippen LogP contribution is 2.21. The Balaban J connectivity index is 2.45. The summed E-state index contributed by atoms with van der Waals surface area (Å²) in [6, 6.07) is 0. The van der Waals surface area contributed by atoms with Gasteiger partial charge in [-0.2, -0.15) is 0 Å². The molecule has 0 saturated carbocycles. The fourth-order valence-electron chi connectivity index (χ4n) is 0.224. The van der Waals surface area contributed by atoms with Crippen molar-refractivity contribution in [3.63, 3.8) is 0 Å². The van der Waals surface area contributed by atoms with Crippen LogP contribution in [0.4, 0.5) is 0 Å². The molecule has 1 N–H and O–H groups in total. The minimum Gasteiger partial charge on any atom is -0.250 e. The van der Waals surface area contributed by atoms with Crippen LogP contribution in [0.5, 0.6) is 0 Å². The van der Waals surface area contributed by atoms with Crippen molar-refractivity contribution < 1.29 is 0 Å². The van der Waals surface area contributed by atoms with E-state index >= 15 is 0 Å². The van der Waals surface area contributed by atoms with E-state index in [-0.39, 0.29) is 0 Å². The molecule has 1 radical (unpaired) electrons. The molecule has 1 aliphatic heterocycles. The van der Waals surface area contributed by atoms with Crippen LogP contribution in [0, 0.1) is 6.54 Å². The third kappa shape index (κ3) is 0.899. The van der Waals surface area contributed by atoms with Gasteiger partial charge in [-0.25, -0.2) is 0 Å². The van der Waals surface area contributed by atoms with Crippen LogP contribution in [0.15, 0.2) is 10.4 Å². The van der Waals surface area contributed by atoms with Crippen molar-refractivity contribution in [2.45, 2.75) is 0 Å². The molecule has 3 heteroatoms. The van der Waals surface area contributed by atoms with E-state index in [9.17, 15) is 0 Å². The van der Waals surface area contributed by atoms with E-state index in [1.807, 2.05) is 6.08 Å². The summed E-state index contributed by atoms with van der Waals surface area (Å²) in [5.74, 6) is 0. The van der Waals surface area contributed by atoms with E-state index < -0.39 is 0 Å². The zero-order chi connectivity index (χ0) is 4.41. The maximum Gasteiger partial charge on any atom is 0.0863 e. The van der Waals surface area contributed by atoms with Crippen LogP contribution in [-0.2, 0) is 0 Å². The molecule has 0 unspecified atom stereocenters. The van der Waals surface area contributed by atoms with E-state index in [4.69, 9.17) is 11.6 Å². The van der Waals surface area contributed by atoms with Gasteiger partial charge in [-0.15, -0.1) is 0 Å². The summed E-state index contributed by atoms with van der Waals surface area (Å²) < 4.78 is 3.64. The van der Waals surface area contributed by atoms with E-state index in [1.54, 1.807) is 6.54 Å². The van der Waals surface area contributed by atoms with Crippen LogP contribution in [0.25, 0.3) is 0 Å². The molecule has 1 nitrogen and oxygen atoms in total. The smallest absolute Gasteiger partial charge is 0.0863 e. The predicted molar refractivity (Wildman–Crippen MR) is 29.0 cm³/mol. The lowest BCUT2D eigenvalue weighted by Crippen LogP contribution is -1.84. The second kappa shape index (κ2) is 1.87. The molecular weight excluding hydrogens is 118 g/mol. The van der Waals surface area contributed by atoms with Crippen LogP contribution in [0.3, 0.4) is 0 Å². The molecule has 33 valence electrons. The number of halogens is 1. The Kier molecular flexibility index (Phi) is 1.40. The van der Waals surface area contributed by atoms with Gasteiger partial charge in [-0.1, -0.05) is 11.6 Å². The molecule has 0 bridgehead atoms. The number of nitrogens with one attached hydrogen (secondary N) is 1.